The Balaban J connectivity index is 2.01. The number of rotatable bonds is 2. The Labute approximate surface area is 163 Å². The van der Waals surface area contributed by atoms with Crippen LogP contribution in [0.4, 0.5) is 18.9 Å². The molecule has 4 rings (SSSR count). The number of nitro groups is 1. The molecule has 0 aliphatic carbocycles. The number of halogens is 4. The van der Waals surface area contributed by atoms with Crippen LogP contribution in [0.15, 0.2) is 42.5 Å². The minimum absolute atomic E-state index is 0.0784. The number of benzene rings is 2. The molecule has 0 saturated carbocycles. The SMILES string of the molecule is CC1(C)CC(c2ccc([N+](=O)[O-])cc2)c2c(C(F)(F)F)c3cc(Cl)ccc3n21. The highest BCUT2D eigenvalue weighted by atomic mass is 35.5. The van der Waals surface area contributed by atoms with Crippen molar-refractivity contribution in [2.45, 2.75) is 37.9 Å². The van der Waals surface area contributed by atoms with E-state index >= 15 is 0 Å². The first-order valence-corrected chi connectivity index (χ1v) is 9.04. The normalized spacial score (nSPS) is 18.4. The van der Waals surface area contributed by atoms with Crippen LogP contribution in [0.3, 0.4) is 0 Å². The highest BCUT2D eigenvalue weighted by Gasteiger charge is 2.48. The number of alkyl halides is 3. The Morgan fingerprint density at radius 1 is 1.18 bits per heavy atom. The van der Waals surface area contributed by atoms with E-state index in [1.807, 2.05) is 13.8 Å². The second-order valence-corrected chi connectivity index (χ2v) is 8.11. The summed E-state index contributed by atoms with van der Waals surface area (Å²) in [6, 6.07) is 10.3. The molecule has 0 bridgehead atoms. The topological polar surface area (TPSA) is 48.1 Å². The number of nitro benzene ring substituents is 1. The number of non-ortho nitro benzene ring substituents is 1. The molecule has 1 unspecified atom stereocenters. The lowest BCUT2D eigenvalue weighted by Crippen LogP contribution is -2.21. The summed E-state index contributed by atoms with van der Waals surface area (Å²) in [7, 11) is 0. The van der Waals surface area contributed by atoms with E-state index in [2.05, 4.69) is 0 Å². The van der Waals surface area contributed by atoms with Gasteiger partial charge in [-0.25, -0.2) is 0 Å². The Hall–Kier alpha value is -2.54. The lowest BCUT2D eigenvalue weighted by molar-refractivity contribution is -0.384. The zero-order valence-corrected chi connectivity index (χ0v) is 15.8. The van der Waals surface area contributed by atoms with Crippen LogP contribution in [0.25, 0.3) is 10.9 Å². The van der Waals surface area contributed by atoms with Crippen molar-refractivity contribution in [3.05, 3.63) is 74.4 Å². The molecule has 28 heavy (non-hydrogen) atoms. The third-order valence-electron chi connectivity index (χ3n) is 5.39. The first kappa shape index (κ1) is 18.8. The van der Waals surface area contributed by atoms with E-state index in [4.69, 9.17) is 11.6 Å². The van der Waals surface area contributed by atoms with Gasteiger partial charge < -0.3 is 4.57 Å². The van der Waals surface area contributed by atoms with Crippen LogP contribution in [0.2, 0.25) is 5.02 Å². The van der Waals surface area contributed by atoms with Gasteiger partial charge >= 0.3 is 6.18 Å². The number of fused-ring (bicyclic) bond motifs is 3. The van der Waals surface area contributed by atoms with Crippen molar-refractivity contribution >= 4 is 28.2 Å². The van der Waals surface area contributed by atoms with Gasteiger partial charge in [-0.2, -0.15) is 13.2 Å². The predicted molar refractivity (Wildman–Crippen MR) is 101 cm³/mol. The first-order chi connectivity index (χ1) is 13.0. The lowest BCUT2D eigenvalue weighted by atomic mass is 9.86. The fourth-order valence-corrected chi connectivity index (χ4v) is 4.53. The van der Waals surface area contributed by atoms with Gasteiger partial charge in [0.15, 0.2) is 0 Å². The molecule has 1 atom stereocenters. The van der Waals surface area contributed by atoms with Gasteiger partial charge in [0.1, 0.15) is 0 Å². The largest absolute Gasteiger partial charge is 0.418 e. The average Bonchev–Trinajstić information content (AvgIpc) is 3.07. The maximum absolute atomic E-state index is 14.1. The lowest BCUT2D eigenvalue weighted by Gasteiger charge is -2.23. The average molecular weight is 409 g/mol. The number of hydrogen-bond donors (Lipinski definition) is 0. The van der Waals surface area contributed by atoms with Crippen molar-refractivity contribution in [1.82, 2.24) is 4.57 Å². The van der Waals surface area contributed by atoms with E-state index < -0.39 is 28.1 Å². The summed E-state index contributed by atoms with van der Waals surface area (Å²) < 4.78 is 44.1. The second kappa shape index (κ2) is 5.98. The number of nitrogens with zero attached hydrogens (tertiary/aromatic N) is 2. The van der Waals surface area contributed by atoms with E-state index in [-0.39, 0.29) is 21.8 Å². The van der Waals surface area contributed by atoms with Crippen molar-refractivity contribution in [2.75, 3.05) is 0 Å². The van der Waals surface area contributed by atoms with E-state index in [0.717, 1.165) is 0 Å². The smallest absolute Gasteiger partial charge is 0.338 e. The molecular weight excluding hydrogens is 393 g/mol. The van der Waals surface area contributed by atoms with Crippen molar-refractivity contribution in [2.24, 2.45) is 0 Å². The molecule has 4 nitrogen and oxygen atoms in total. The predicted octanol–water partition coefficient (Wildman–Crippen LogP) is 6.49. The van der Waals surface area contributed by atoms with Crippen molar-refractivity contribution < 1.29 is 18.1 Å². The Morgan fingerprint density at radius 3 is 2.39 bits per heavy atom. The van der Waals surface area contributed by atoms with Gasteiger partial charge in [0, 0.05) is 45.2 Å². The molecule has 2 aromatic carbocycles. The minimum atomic E-state index is -4.55. The Kier molecular flexibility index (Phi) is 4.01. The summed E-state index contributed by atoms with van der Waals surface area (Å²) >= 11 is 5.99. The van der Waals surface area contributed by atoms with Gasteiger partial charge in [-0.1, -0.05) is 23.7 Å². The number of hydrogen-bond acceptors (Lipinski definition) is 2. The third-order valence-corrected chi connectivity index (χ3v) is 5.63. The van der Waals surface area contributed by atoms with Gasteiger partial charge in [-0.15, -0.1) is 0 Å². The van der Waals surface area contributed by atoms with Crippen LogP contribution < -0.4 is 0 Å². The highest BCUT2D eigenvalue weighted by Crippen LogP contribution is 2.53. The highest BCUT2D eigenvalue weighted by molar-refractivity contribution is 6.31. The quantitative estimate of drug-likeness (QED) is 0.359. The van der Waals surface area contributed by atoms with Gasteiger partial charge in [-0.3, -0.25) is 10.1 Å². The molecule has 1 aliphatic rings. The summed E-state index contributed by atoms with van der Waals surface area (Å²) in [5.41, 5.74) is -0.0398. The first-order valence-electron chi connectivity index (χ1n) is 8.66. The van der Waals surface area contributed by atoms with E-state index in [0.29, 0.717) is 17.5 Å². The zero-order valence-electron chi connectivity index (χ0n) is 15.0. The van der Waals surface area contributed by atoms with Gasteiger partial charge in [-0.05, 0) is 44.0 Å². The van der Waals surface area contributed by atoms with Crippen LogP contribution in [0.1, 0.15) is 43.0 Å². The fraction of sp³-hybridized carbons (Fsp3) is 0.300. The van der Waals surface area contributed by atoms with Crippen molar-refractivity contribution in [3.63, 3.8) is 0 Å². The summed E-state index contributed by atoms with van der Waals surface area (Å²) in [5.74, 6) is -0.529. The second-order valence-electron chi connectivity index (χ2n) is 7.67. The van der Waals surface area contributed by atoms with Crippen LogP contribution in [0.5, 0.6) is 0 Å². The maximum Gasteiger partial charge on any atom is 0.418 e. The summed E-state index contributed by atoms with van der Waals surface area (Å²) in [5, 5.41) is 11.2. The van der Waals surface area contributed by atoms with Gasteiger partial charge in [0.2, 0.25) is 0 Å². The molecule has 146 valence electrons. The molecule has 0 radical (unpaired) electrons. The Bertz CT molecular complexity index is 1100. The molecule has 1 aromatic heterocycles. The number of aromatic nitrogens is 1. The fourth-order valence-electron chi connectivity index (χ4n) is 4.35. The van der Waals surface area contributed by atoms with Crippen LogP contribution in [0, 0.1) is 10.1 Å². The van der Waals surface area contributed by atoms with Crippen LogP contribution in [-0.2, 0) is 11.7 Å². The summed E-state index contributed by atoms with van der Waals surface area (Å²) in [6.07, 6.45) is -4.09. The Morgan fingerprint density at radius 2 is 1.82 bits per heavy atom. The molecule has 0 saturated heterocycles. The molecule has 1 aliphatic heterocycles. The van der Waals surface area contributed by atoms with Crippen molar-refractivity contribution in [3.8, 4) is 0 Å². The molecule has 8 heteroatoms. The molecule has 0 spiro atoms. The van der Waals surface area contributed by atoms with Crippen LogP contribution in [-0.4, -0.2) is 9.49 Å². The molecule has 0 fully saturated rings. The van der Waals surface area contributed by atoms with E-state index in [1.54, 1.807) is 28.8 Å². The van der Waals surface area contributed by atoms with E-state index in [1.165, 1.54) is 18.2 Å². The minimum Gasteiger partial charge on any atom is -0.338 e. The third kappa shape index (κ3) is 2.76. The maximum atomic E-state index is 14.1. The molecule has 3 aromatic rings. The molecule has 2 heterocycles. The van der Waals surface area contributed by atoms with E-state index in [9.17, 15) is 23.3 Å². The van der Waals surface area contributed by atoms with Crippen molar-refractivity contribution in [1.29, 1.82) is 0 Å². The standard InChI is InChI=1S/C20H16ClF3N2O2/c1-19(2)10-15(11-3-6-13(7-4-11)26(27)28)18-17(20(22,23)24)14-9-12(21)5-8-16(14)25(18)19/h3-9,15H,10H2,1-2H3. The zero-order chi connectivity index (χ0) is 20.4. The summed E-state index contributed by atoms with van der Waals surface area (Å²) in [4.78, 5) is 10.4. The molecule has 0 N–H and O–H groups in total. The molecule has 0 amide bonds. The summed E-state index contributed by atoms with van der Waals surface area (Å²) in [6.45, 7) is 3.80. The molecular formula is C20H16ClF3N2O2. The van der Waals surface area contributed by atoms with Crippen LogP contribution >= 0.6 is 11.6 Å². The van der Waals surface area contributed by atoms with Gasteiger partial charge in [0.05, 0.1) is 10.5 Å². The van der Waals surface area contributed by atoms with Gasteiger partial charge in [0.25, 0.3) is 5.69 Å². The monoisotopic (exact) mass is 408 g/mol.